The van der Waals surface area contributed by atoms with Crippen LogP contribution in [0.3, 0.4) is 0 Å². The van der Waals surface area contributed by atoms with Crippen molar-refractivity contribution in [3.05, 3.63) is 0 Å². The van der Waals surface area contributed by atoms with Crippen LogP contribution in [0.4, 0.5) is 0 Å². The molecule has 0 radical (unpaired) electrons. The Bertz CT molecular complexity index is 483. The SMILES string of the molecule is CCCCOCN(COCCCC)C(=O)CC(=O)N(C(C)=O)C(=O)CCCC. The highest BCUT2D eigenvalue weighted by Gasteiger charge is 2.28. The van der Waals surface area contributed by atoms with Crippen molar-refractivity contribution in [1.82, 2.24) is 9.80 Å². The molecule has 8 heteroatoms. The molecular weight excluding hydrogens is 364 g/mol. The number of hydrogen-bond donors (Lipinski definition) is 0. The Morgan fingerprint density at radius 3 is 1.64 bits per heavy atom. The van der Waals surface area contributed by atoms with Crippen molar-refractivity contribution < 1.29 is 28.7 Å². The van der Waals surface area contributed by atoms with Crippen LogP contribution >= 0.6 is 0 Å². The van der Waals surface area contributed by atoms with Gasteiger partial charge in [0.1, 0.15) is 19.9 Å². The van der Waals surface area contributed by atoms with Gasteiger partial charge in [0.25, 0.3) is 0 Å². The largest absolute Gasteiger partial charge is 0.361 e. The summed E-state index contributed by atoms with van der Waals surface area (Å²) in [7, 11) is 0. The van der Waals surface area contributed by atoms with E-state index in [1.165, 1.54) is 4.90 Å². The summed E-state index contributed by atoms with van der Waals surface area (Å²) >= 11 is 0. The van der Waals surface area contributed by atoms with Gasteiger partial charge >= 0.3 is 0 Å². The van der Waals surface area contributed by atoms with Crippen LogP contribution < -0.4 is 0 Å². The summed E-state index contributed by atoms with van der Waals surface area (Å²) in [5, 5.41) is 0. The van der Waals surface area contributed by atoms with Crippen molar-refractivity contribution in [2.24, 2.45) is 0 Å². The van der Waals surface area contributed by atoms with Gasteiger partial charge in [0.2, 0.25) is 23.6 Å². The first-order valence-electron chi connectivity index (χ1n) is 10.2. The Hall–Kier alpha value is -1.80. The number of rotatable bonds is 15. The van der Waals surface area contributed by atoms with Crippen LogP contribution in [0.25, 0.3) is 0 Å². The molecule has 0 fully saturated rings. The summed E-state index contributed by atoms with van der Waals surface area (Å²) in [5.41, 5.74) is 0. The second-order valence-electron chi connectivity index (χ2n) is 6.64. The van der Waals surface area contributed by atoms with E-state index in [0.717, 1.165) is 39.0 Å². The van der Waals surface area contributed by atoms with Crippen molar-refractivity contribution in [3.63, 3.8) is 0 Å². The van der Waals surface area contributed by atoms with Gasteiger partial charge in [-0.1, -0.05) is 40.0 Å². The molecule has 0 saturated heterocycles. The fraction of sp³-hybridized carbons (Fsp3) is 0.800. The lowest BCUT2D eigenvalue weighted by Crippen LogP contribution is -2.44. The molecular formula is C20H36N2O6. The van der Waals surface area contributed by atoms with E-state index in [1.807, 2.05) is 20.8 Å². The zero-order valence-electron chi connectivity index (χ0n) is 17.8. The van der Waals surface area contributed by atoms with E-state index in [9.17, 15) is 19.2 Å². The maximum atomic E-state index is 12.5. The molecule has 0 heterocycles. The number of amides is 4. The molecule has 28 heavy (non-hydrogen) atoms. The predicted octanol–water partition coefficient (Wildman–Crippen LogP) is 2.85. The highest BCUT2D eigenvalue weighted by Crippen LogP contribution is 2.07. The highest BCUT2D eigenvalue weighted by atomic mass is 16.5. The minimum absolute atomic E-state index is 0.00207. The Labute approximate surface area is 168 Å². The van der Waals surface area contributed by atoms with Crippen LogP contribution in [0.2, 0.25) is 0 Å². The number of imide groups is 3. The van der Waals surface area contributed by atoms with E-state index < -0.39 is 30.0 Å². The van der Waals surface area contributed by atoms with Crippen LogP contribution in [0.1, 0.15) is 79.1 Å². The van der Waals surface area contributed by atoms with Gasteiger partial charge in [-0.2, -0.15) is 0 Å². The summed E-state index contributed by atoms with van der Waals surface area (Å²) in [6, 6.07) is 0. The van der Waals surface area contributed by atoms with E-state index >= 15 is 0 Å². The molecule has 0 atom stereocenters. The topological polar surface area (TPSA) is 93.2 Å². The van der Waals surface area contributed by atoms with Gasteiger partial charge in [-0.25, -0.2) is 4.90 Å². The van der Waals surface area contributed by atoms with E-state index in [2.05, 4.69) is 0 Å². The zero-order chi connectivity index (χ0) is 21.4. The summed E-state index contributed by atoms with van der Waals surface area (Å²) in [5.74, 6) is -2.60. The number of carbonyl (C=O) groups is 4. The zero-order valence-corrected chi connectivity index (χ0v) is 17.8. The maximum Gasteiger partial charge on any atom is 0.245 e. The first-order chi connectivity index (χ1) is 13.4. The Morgan fingerprint density at radius 2 is 1.21 bits per heavy atom. The predicted molar refractivity (Wildman–Crippen MR) is 105 cm³/mol. The Kier molecular flexibility index (Phi) is 15.1. The third kappa shape index (κ3) is 11.1. The van der Waals surface area contributed by atoms with E-state index in [0.29, 0.717) is 24.5 Å². The molecule has 0 saturated carbocycles. The molecule has 0 aromatic heterocycles. The molecule has 0 aliphatic carbocycles. The Balaban J connectivity index is 4.88. The van der Waals surface area contributed by atoms with Gasteiger partial charge in [0, 0.05) is 26.6 Å². The first kappa shape index (κ1) is 26.2. The monoisotopic (exact) mass is 400 g/mol. The lowest BCUT2D eigenvalue weighted by Gasteiger charge is -2.24. The number of nitrogens with zero attached hydrogens (tertiary/aromatic N) is 2. The third-order valence-electron chi connectivity index (χ3n) is 3.99. The van der Waals surface area contributed by atoms with Gasteiger partial charge in [-0.15, -0.1) is 0 Å². The number of hydrogen-bond acceptors (Lipinski definition) is 6. The second kappa shape index (κ2) is 16.2. The molecule has 0 unspecified atom stereocenters. The molecule has 0 N–H and O–H groups in total. The minimum atomic E-state index is -0.814. The number of unbranched alkanes of at least 4 members (excludes halogenated alkanes) is 3. The fourth-order valence-electron chi connectivity index (χ4n) is 2.27. The van der Waals surface area contributed by atoms with Crippen molar-refractivity contribution in [1.29, 1.82) is 0 Å². The highest BCUT2D eigenvalue weighted by molar-refractivity contribution is 6.14. The van der Waals surface area contributed by atoms with Crippen molar-refractivity contribution in [2.45, 2.75) is 79.1 Å². The van der Waals surface area contributed by atoms with E-state index in [-0.39, 0.29) is 19.9 Å². The van der Waals surface area contributed by atoms with E-state index in [4.69, 9.17) is 9.47 Å². The lowest BCUT2D eigenvalue weighted by atomic mass is 10.2. The Morgan fingerprint density at radius 1 is 0.714 bits per heavy atom. The molecule has 0 spiro atoms. The minimum Gasteiger partial charge on any atom is -0.361 e. The smallest absolute Gasteiger partial charge is 0.245 e. The molecule has 0 aromatic carbocycles. The van der Waals surface area contributed by atoms with Gasteiger partial charge in [-0.05, 0) is 19.3 Å². The quantitative estimate of drug-likeness (QED) is 0.238. The molecule has 0 aliphatic heterocycles. The average Bonchev–Trinajstić information content (AvgIpc) is 2.64. The second-order valence-corrected chi connectivity index (χ2v) is 6.64. The summed E-state index contributed by atoms with van der Waals surface area (Å²) < 4.78 is 10.9. The summed E-state index contributed by atoms with van der Waals surface area (Å²) in [4.78, 5) is 50.7. The van der Waals surface area contributed by atoms with Crippen molar-refractivity contribution >= 4 is 23.6 Å². The maximum absolute atomic E-state index is 12.5. The molecule has 0 bridgehead atoms. The molecule has 0 aromatic rings. The van der Waals surface area contributed by atoms with Crippen LogP contribution in [0, 0.1) is 0 Å². The van der Waals surface area contributed by atoms with Gasteiger partial charge in [-0.3, -0.25) is 24.1 Å². The fourth-order valence-corrected chi connectivity index (χ4v) is 2.27. The normalized spacial score (nSPS) is 10.6. The van der Waals surface area contributed by atoms with Crippen molar-refractivity contribution in [2.75, 3.05) is 26.7 Å². The molecule has 162 valence electrons. The molecule has 4 amide bonds. The number of carbonyl (C=O) groups excluding carboxylic acids is 4. The average molecular weight is 401 g/mol. The standard InChI is InChI=1S/C20H36N2O6/c1-5-8-11-18(24)22(17(4)23)20(26)14-19(25)21(15-27-12-9-6-2)16-28-13-10-7-3/h5-16H2,1-4H3. The molecule has 8 nitrogen and oxygen atoms in total. The van der Waals surface area contributed by atoms with E-state index in [1.54, 1.807) is 0 Å². The van der Waals surface area contributed by atoms with Crippen molar-refractivity contribution in [3.8, 4) is 0 Å². The van der Waals surface area contributed by atoms with Crippen LogP contribution in [0.5, 0.6) is 0 Å². The molecule has 0 aliphatic rings. The van der Waals surface area contributed by atoms with Crippen LogP contribution in [0.15, 0.2) is 0 Å². The third-order valence-corrected chi connectivity index (χ3v) is 3.99. The van der Waals surface area contributed by atoms with Crippen LogP contribution in [-0.4, -0.2) is 60.1 Å². The first-order valence-corrected chi connectivity index (χ1v) is 10.2. The molecule has 0 rings (SSSR count). The van der Waals surface area contributed by atoms with Gasteiger partial charge in [0.05, 0.1) is 0 Å². The summed E-state index contributed by atoms with van der Waals surface area (Å²) in [6.45, 7) is 8.12. The van der Waals surface area contributed by atoms with Gasteiger partial charge in [0.15, 0.2) is 0 Å². The number of ether oxygens (including phenoxy) is 2. The summed E-state index contributed by atoms with van der Waals surface area (Å²) in [6.07, 6.45) is 4.52. The van der Waals surface area contributed by atoms with Gasteiger partial charge < -0.3 is 9.47 Å². The van der Waals surface area contributed by atoms with Crippen LogP contribution in [-0.2, 0) is 28.7 Å². The lowest BCUT2D eigenvalue weighted by molar-refractivity contribution is -0.156.